The van der Waals surface area contributed by atoms with Gasteiger partial charge in [-0.25, -0.2) is 18.4 Å². The summed E-state index contributed by atoms with van der Waals surface area (Å²) in [4.78, 5) is 21.8. The van der Waals surface area contributed by atoms with Crippen molar-refractivity contribution in [2.24, 2.45) is 5.92 Å². The van der Waals surface area contributed by atoms with Crippen molar-refractivity contribution in [3.63, 3.8) is 0 Å². The number of thiophene rings is 1. The number of hydrogen-bond donors (Lipinski definition) is 2. The van der Waals surface area contributed by atoms with Crippen LogP contribution in [0.4, 0.5) is 11.5 Å². The molecule has 0 unspecified atom stereocenters. The first-order chi connectivity index (χ1) is 14.9. The minimum absolute atomic E-state index is 0.206. The number of benzene rings is 1. The zero-order valence-corrected chi connectivity index (χ0v) is 18.0. The number of hydrogen-bond acceptors (Lipinski definition) is 7. The number of nitrogens with zero attached hydrogens (tertiary/aromatic N) is 3. The van der Waals surface area contributed by atoms with Crippen LogP contribution in [0.25, 0.3) is 11.0 Å². The van der Waals surface area contributed by atoms with Gasteiger partial charge in [0.15, 0.2) is 5.78 Å². The van der Waals surface area contributed by atoms with E-state index in [4.69, 9.17) is 5.73 Å². The van der Waals surface area contributed by atoms with Crippen molar-refractivity contribution in [3.05, 3.63) is 65.4 Å². The summed E-state index contributed by atoms with van der Waals surface area (Å²) >= 11 is 1.12. The molecule has 0 spiro atoms. The molecule has 8 nitrogen and oxygen atoms in total. The number of nitrogens with two attached hydrogens (primary N) is 1. The van der Waals surface area contributed by atoms with Gasteiger partial charge >= 0.3 is 0 Å². The van der Waals surface area contributed by atoms with Crippen LogP contribution in [0.1, 0.15) is 28.8 Å². The molecule has 3 N–H and O–H groups in total. The number of carbonyl (C=O) groups is 1. The molecule has 158 valence electrons. The van der Waals surface area contributed by atoms with Gasteiger partial charge in [-0.05, 0) is 42.3 Å². The summed E-state index contributed by atoms with van der Waals surface area (Å²) in [5, 5.41) is 2.22. The first-order valence-corrected chi connectivity index (χ1v) is 12.1. The highest BCUT2D eigenvalue weighted by Gasteiger charge is 2.26. The average Bonchev–Trinajstić information content (AvgIpc) is 3.24. The second kappa shape index (κ2) is 7.47. The molecule has 5 rings (SSSR count). The molecule has 0 atom stereocenters. The Balaban J connectivity index is 1.51. The minimum Gasteiger partial charge on any atom is -0.383 e. The molecule has 31 heavy (non-hydrogen) atoms. The molecule has 1 aromatic carbocycles. The van der Waals surface area contributed by atoms with Gasteiger partial charge in [0.05, 0.1) is 10.9 Å². The van der Waals surface area contributed by atoms with E-state index in [-0.39, 0.29) is 15.8 Å². The molecule has 0 radical (unpaired) electrons. The van der Waals surface area contributed by atoms with Crippen LogP contribution in [-0.4, -0.2) is 28.7 Å². The third-order valence-corrected chi connectivity index (χ3v) is 8.00. The summed E-state index contributed by atoms with van der Waals surface area (Å²) in [7, 11) is -3.71. The minimum atomic E-state index is -3.71. The van der Waals surface area contributed by atoms with Crippen LogP contribution in [0.3, 0.4) is 0 Å². The summed E-state index contributed by atoms with van der Waals surface area (Å²) in [6.07, 6.45) is 5.50. The van der Waals surface area contributed by atoms with E-state index in [0.717, 1.165) is 30.7 Å². The smallest absolute Gasteiger partial charge is 0.271 e. The first-order valence-electron chi connectivity index (χ1n) is 9.73. The fourth-order valence-electron chi connectivity index (χ4n) is 3.54. The largest absolute Gasteiger partial charge is 0.383 e. The second-order valence-corrected chi connectivity index (χ2v) is 10.4. The molecule has 1 aliphatic carbocycles. The molecule has 3 aromatic heterocycles. The van der Waals surface area contributed by atoms with Gasteiger partial charge in [-0.1, -0.05) is 18.2 Å². The lowest BCUT2D eigenvalue weighted by atomic mass is 10.0. The molecule has 0 bridgehead atoms. The standard InChI is InChI=1S/C21H19N5O3S2/c22-20-18-16(11-26(10-13-6-7-13)21(18)24-12-23-20)19(27)14-3-1-4-15(9-14)25-31(28,29)17-5-2-8-30-17/h1-5,8-9,11-13,25H,6-7,10H2,(H2,22,23,24). The highest BCUT2D eigenvalue weighted by Crippen LogP contribution is 2.34. The van der Waals surface area contributed by atoms with E-state index in [0.29, 0.717) is 33.8 Å². The van der Waals surface area contributed by atoms with E-state index in [9.17, 15) is 13.2 Å². The van der Waals surface area contributed by atoms with E-state index in [1.165, 1.54) is 18.5 Å². The predicted octanol–water partition coefficient (Wildman–Crippen LogP) is 3.52. The number of fused-ring (bicyclic) bond motifs is 1. The summed E-state index contributed by atoms with van der Waals surface area (Å²) in [5.74, 6) is 0.570. The number of rotatable bonds is 7. The molecule has 1 aliphatic rings. The molecule has 10 heteroatoms. The molecule has 4 aromatic rings. The Morgan fingerprint density at radius 1 is 1.23 bits per heavy atom. The Labute approximate surface area is 182 Å². The highest BCUT2D eigenvalue weighted by atomic mass is 32.2. The molecule has 1 fully saturated rings. The lowest BCUT2D eigenvalue weighted by Crippen LogP contribution is -2.12. The van der Waals surface area contributed by atoms with Crippen LogP contribution in [0.15, 0.2) is 58.5 Å². The summed E-state index contributed by atoms with van der Waals surface area (Å²) in [6.45, 7) is 0.779. The molecule has 3 heterocycles. The number of aromatic nitrogens is 3. The number of anilines is 2. The van der Waals surface area contributed by atoms with Crippen LogP contribution in [0, 0.1) is 5.92 Å². The van der Waals surface area contributed by atoms with Crippen LogP contribution in [0.2, 0.25) is 0 Å². The van der Waals surface area contributed by atoms with Crippen molar-refractivity contribution in [2.75, 3.05) is 10.5 Å². The zero-order valence-electron chi connectivity index (χ0n) is 16.4. The van der Waals surface area contributed by atoms with Crippen LogP contribution >= 0.6 is 11.3 Å². The van der Waals surface area contributed by atoms with E-state index in [2.05, 4.69) is 14.7 Å². The van der Waals surface area contributed by atoms with Crippen molar-refractivity contribution in [1.82, 2.24) is 14.5 Å². The van der Waals surface area contributed by atoms with Gasteiger partial charge < -0.3 is 10.3 Å². The van der Waals surface area contributed by atoms with Crippen LogP contribution in [-0.2, 0) is 16.6 Å². The van der Waals surface area contributed by atoms with Crippen molar-refractivity contribution in [1.29, 1.82) is 0 Å². The molecule has 0 aliphatic heterocycles. The Hall–Kier alpha value is -3.24. The maximum absolute atomic E-state index is 13.4. The van der Waals surface area contributed by atoms with Crippen molar-refractivity contribution < 1.29 is 13.2 Å². The third-order valence-electron chi connectivity index (χ3n) is 5.22. The van der Waals surface area contributed by atoms with E-state index >= 15 is 0 Å². The summed E-state index contributed by atoms with van der Waals surface area (Å²) in [6, 6.07) is 9.62. The Morgan fingerprint density at radius 3 is 2.81 bits per heavy atom. The van der Waals surface area contributed by atoms with Crippen molar-refractivity contribution in [3.8, 4) is 0 Å². The van der Waals surface area contributed by atoms with Gasteiger partial charge in [-0.2, -0.15) is 0 Å². The maximum atomic E-state index is 13.4. The molecular weight excluding hydrogens is 434 g/mol. The Kier molecular flexibility index (Phi) is 4.75. The Morgan fingerprint density at radius 2 is 2.06 bits per heavy atom. The number of nitrogen functional groups attached to an aromatic ring is 1. The molecule has 0 saturated heterocycles. The summed E-state index contributed by atoms with van der Waals surface area (Å²) < 4.78 is 29.7. The fourth-order valence-corrected chi connectivity index (χ4v) is 5.58. The topological polar surface area (TPSA) is 120 Å². The van der Waals surface area contributed by atoms with Gasteiger partial charge in [0.2, 0.25) is 0 Å². The monoisotopic (exact) mass is 453 g/mol. The van der Waals surface area contributed by atoms with E-state index in [1.807, 2.05) is 4.57 Å². The van der Waals surface area contributed by atoms with Gasteiger partial charge in [0.1, 0.15) is 22.0 Å². The molecule has 0 amide bonds. The normalized spacial score (nSPS) is 14.1. The maximum Gasteiger partial charge on any atom is 0.271 e. The van der Waals surface area contributed by atoms with Gasteiger partial charge in [0.25, 0.3) is 10.0 Å². The molecule has 1 saturated carbocycles. The first kappa shape index (κ1) is 19.7. The van der Waals surface area contributed by atoms with Gasteiger partial charge in [-0.3, -0.25) is 9.52 Å². The number of nitrogens with one attached hydrogen (secondary N) is 1. The van der Waals surface area contributed by atoms with Gasteiger partial charge in [-0.15, -0.1) is 11.3 Å². The van der Waals surface area contributed by atoms with Crippen molar-refractivity contribution in [2.45, 2.75) is 23.6 Å². The summed E-state index contributed by atoms with van der Waals surface area (Å²) in [5.41, 5.74) is 7.80. The lowest BCUT2D eigenvalue weighted by Gasteiger charge is -2.08. The zero-order chi connectivity index (χ0) is 21.6. The lowest BCUT2D eigenvalue weighted by molar-refractivity contribution is 0.104. The highest BCUT2D eigenvalue weighted by molar-refractivity contribution is 7.94. The number of sulfonamides is 1. The second-order valence-electron chi connectivity index (χ2n) is 7.54. The SMILES string of the molecule is Nc1ncnc2c1c(C(=O)c1cccc(NS(=O)(=O)c3cccs3)c1)cn2CC1CC1. The number of carbonyl (C=O) groups excluding carboxylic acids is 1. The Bertz CT molecular complexity index is 1390. The van der Waals surface area contributed by atoms with Crippen LogP contribution in [0.5, 0.6) is 0 Å². The average molecular weight is 454 g/mol. The quantitative estimate of drug-likeness (QED) is 0.413. The third kappa shape index (κ3) is 3.79. The predicted molar refractivity (Wildman–Crippen MR) is 120 cm³/mol. The van der Waals surface area contributed by atoms with Crippen LogP contribution < -0.4 is 10.5 Å². The van der Waals surface area contributed by atoms with Crippen molar-refractivity contribution >= 4 is 49.7 Å². The van der Waals surface area contributed by atoms with Gasteiger partial charge in [0, 0.05) is 24.0 Å². The molecular formula is C21H19N5O3S2. The fraction of sp³-hybridized carbons (Fsp3) is 0.190. The number of ketones is 1. The van der Waals surface area contributed by atoms with E-state index < -0.39 is 10.0 Å². The van der Waals surface area contributed by atoms with E-state index in [1.54, 1.807) is 35.8 Å².